The summed E-state index contributed by atoms with van der Waals surface area (Å²) in [5.41, 5.74) is 2.99. The fraction of sp³-hybridized carbons (Fsp3) is 0. The predicted octanol–water partition coefficient (Wildman–Crippen LogP) is 3.62. The zero-order valence-corrected chi connectivity index (χ0v) is 15.3. The van der Waals surface area contributed by atoms with Crippen molar-refractivity contribution < 1.29 is 17.6 Å². The van der Waals surface area contributed by atoms with Gasteiger partial charge in [-0.15, -0.1) is 0 Å². The summed E-state index contributed by atoms with van der Waals surface area (Å²) in [7, 11) is 0. The van der Waals surface area contributed by atoms with Gasteiger partial charge in [-0.2, -0.15) is 21.9 Å². The summed E-state index contributed by atoms with van der Waals surface area (Å²) in [6, 6.07) is 24.1. The van der Waals surface area contributed by atoms with E-state index in [1.54, 1.807) is 48.5 Å². The molecule has 144 valence electrons. The van der Waals surface area contributed by atoms with Gasteiger partial charge in [0.15, 0.2) is 0 Å². The topological polar surface area (TPSA) is 0 Å². The van der Waals surface area contributed by atoms with E-state index in [2.05, 4.69) is 0 Å². The van der Waals surface area contributed by atoms with Gasteiger partial charge in [0.2, 0.25) is 0 Å². The van der Waals surface area contributed by atoms with Crippen LogP contribution >= 0.6 is 0 Å². The molecule has 0 aliphatic rings. The third kappa shape index (κ3) is 3.44. The maximum Gasteiger partial charge on any atom is 0.122 e. The zero-order valence-electron chi connectivity index (χ0n) is 15.3. The lowest BCUT2D eigenvalue weighted by atomic mass is 9.13. The summed E-state index contributed by atoms with van der Waals surface area (Å²) in [4.78, 5) is 0. The molecule has 0 spiro atoms. The van der Waals surface area contributed by atoms with E-state index in [1.807, 2.05) is 0 Å². The highest BCUT2D eigenvalue weighted by Gasteiger charge is 2.31. The molecule has 0 amide bonds. The smallest absolute Gasteiger partial charge is 0.122 e. The average molecular weight is 391 g/mol. The Balaban J connectivity index is 2.11. The highest BCUT2D eigenvalue weighted by Crippen LogP contribution is 2.12. The van der Waals surface area contributed by atoms with Crippen molar-refractivity contribution in [1.82, 2.24) is 0 Å². The summed E-state index contributed by atoms with van der Waals surface area (Å²) in [6.45, 7) is 0. The molecular formula is C24H16BF4-. The first-order valence-electron chi connectivity index (χ1n) is 9.20. The Bertz CT molecular complexity index is 916. The van der Waals surface area contributed by atoms with Gasteiger partial charge in [0, 0.05) is 0 Å². The van der Waals surface area contributed by atoms with E-state index in [0.29, 0.717) is 0 Å². The molecule has 4 rings (SSSR count). The molecule has 0 aliphatic carbocycles. The second kappa shape index (κ2) is 7.59. The Morgan fingerprint density at radius 2 is 0.483 bits per heavy atom. The molecule has 0 aliphatic heterocycles. The summed E-state index contributed by atoms with van der Waals surface area (Å²) in [5, 5.41) is 0. The first-order valence-corrected chi connectivity index (χ1v) is 9.20. The molecule has 0 unspecified atom stereocenters. The fourth-order valence-electron chi connectivity index (χ4n) is 4.16. The number of benzene rings is 4. The van der Waals surface area contributed by atoms with Crippen LogP contribution in [-0.2, 0) is 0 Å². The van der Waals surface area contributed by atoms with Crippen molar-refractivity contribution >= 4 is 28.0 Å². The minimum Gasteiger partial charge on any atom is -0.207 e. The van der Waals surface area contributed by atoms with Crippen molar-refractivity contribution in [2.45, 2.75) is 0 Å². The Labute approximate surface area is 166 Å². The standard InChI is InChI=1S/C24H16BF4/c26-21-9-1-17(2-10-21)25(18-3-11-22(27)12-4-18,19-5-13-23(28)14-6-19)20-7-15-24(29)16-8-20/h1-16H/q-1. The van der Waals surface area contributed by atoms with Crippen LogP contribution in [-0.4, -0.2) is 6.15 Å². The highest BCUT2D eigenvalue weighted by molar-refractivity contribution is 7.19. The molecule has 0 heterocycles. The van der Waals surface area contributed by atoms with E-state index in [1.165, 1.54) is 48.5 Å². The average Bonchev–Trinajstić information content (AvgIpc) is 2.73. The molecule has 4 aromatic rings. The molecule has 0 atom stereocenters. The van der Waals surface area contributed by atoms with Gasteiger partial charge in [0.05, 0.1) is 0 Å². The van der Waals surface area contributed by atoms with Crippen LogP contribution in [0.1, 0.15) is 0 Å². The van der Waals surface area contributed by atoms with Crippen LogP contribution in [0.15, 0.2) is 97.1 Å². The number of hydrogen-bond donors (Lipinski definition) is 0. The van der Waals surface area contributed by atoms with Crippen molar-refractivity contribution in [2.24, 2.45) is 0 Å². The molecule has 0 nitrogen and oxygen atoms in total. The van der Waals surface area contributed by atoms with E-state index in [0.717, 1.165) is 21.9 Å². The van der Waals surface area contributed by atoms with E-state index in [9.17, 15) is 17.6 Å². The maximum absolute atomic E-state index is 13.7. The minimum absolute atomic E-state index is 0.393. The summed E-state index contributed by atoms with van der Waals surface area (Å²) < 4.78 is 54.8. The number of rotatable bonds is 4. The van der Waals surface area contributed by atoms with Gasteiger partial charge < -0.3 is 0 Å². The Morgan fingerprint density at radius 1 is 0.310 bits per heavy atom. The Hall–Kier alpha value is -3.34. The molecule has 0 saturated heterocycles. The molecule has 0 N–H and O–H groups in total. The van der Waals surface area contributed by atoms with E-state index < -0.39 is 29.4 Å². The predicted molar refractivity (Wildman–Crippen MR) is 110 cm³/mol. The number of hydrogen-bond acceptors (Lipinski definition) is 0. The monoisotopic (exact) mass is 391 g/mol. The van der Waals surface area contributed by atoms with Crippen molar-refractivity contribution in [3.05, 3.63) is 120 Å². The van der Waals surface area contributed by atoms with Crippen molar-refractivity contribution in [3.8, 4) is 0 Å². The van der Waals surface area contributed by atoms with Crippen LogP contribution in [0.3, 0.4) is 0 Å². The number of halogens is 4. The maximum atomic E-state index is 13.7. The Kier molecular flexibility index (Phi) is 4.97. The second-order valence-electron chi connectivity index (χ2n) is 7.07. The SMILES string of the molecule is Fc1ccc([B-](c2ccc(F)cc2)(c2ccc(F)cc2)c2ccc(F)cc2)cc1. The third-order valence-corrected chi connectivity index (χ3v) is 5.48. The molecular weight excluding hydrogens is 375 g/mol. The molecule has 0 radical (unpaired) electrons. The molecule has 29 heavy (non-hydrogen) atoms. The Morgan fingerprint density at radius 3 is 0.655 bits per heavy atom. The van der Waals surface area contributed by atoms with E-state index in [4.69, 9.17) is 0 Å². The lowest BCUT2D eigenvalue weighted by Gasteiger charge is -2.44. The first-order chi connectivity index (χ1) is 14.0. The van der Waals surface area contributed by atoms with Crippen molar-refractivity contribution in [1.29, 1.82) is 0 Å². The lowest BCUT2D eigenvalue weighted by molar-refractivity contribution is 0.628. The van der Waals surface area contributed by atoms with Gasteiger partial charge in [-0.1, -0.05) is 48.5 Å². The molecule has 0 saturated carbocycles. The van der Waals surface area contributed by atoms with Gasteiger partial charge in [-0.3, -0.25) is 0 Å². The van der Waals surface area contributed by atoms with Crippen LogP contribution < -0.4 is 21.9 Å². The minimum atomic E-state index is -1.94. The molecule has 5 heteroatoms. The normalized spacial score (nSPS) is 11.4. The summed E-state index contributed by atoms with van der Waals surface area (Å²) in [6.07, 6.45) is -1.94. The van der Waals surface area contributed by atoms with E-state index >= 15 is 0 Å². The molecule has 4 aromatic carbocycles. The van der Waals surface area contributed by atoms with Gasteiger partial charge in [0.1, 0.15) is 29.4 Å². The van der Waals surface area contributed by atoms with Gasteiger partial charge in [-0.05, 0) is 48.5 Å². The van der Waals surface area contributed by atoms with Crippen molar-refractivity contribution in [2.75, 3.05) is 0 Å². The summed E-state index contributed by atoms with van der Waals surface area (Å²) >= 11 is 0. The quantitative estimate of drug-likeness (QED) is 0.368. The largest absolute Gasteiger partial charge is 0.207 e. The summed E-state index contributed by atoms with van der Waals surface area (Å²) in [5.74, 6) is -1.57. The van der Waals surface area contributed by atoms with Crippen LogP contribution in [0.5, 0.6) is 0 Å². The molecule has 0 fully saturated rings. The fourth-order valence-corrected chi connectivity index (χ4v) is 4.16. The molecule has 0 aromatic heterocycles. The van der Waals surface area contributed by atoms with Gasteiger partial charge in [-0.25, -0.2) is 17.6 Å². The van der Waals surface area contributed by atoms with Crippen LogP contribution in [0.4, 0.5) is 17.6 Å². The first kappa shape index (κ1) is 19.0. The third-order valence-electron chi connectivity index (χ3n) is 5.48. The lowest BCUT2D eigenvalue weighted by Crippen LogP contribution is -2.74. The van der Waals surface area contributed by atoms with E-state index in [-0.39, 0.29) is 0 Å². The molecule has 0 bridgehead atoms. The van der Waals surface area contributed by atoms with Gasteiger partial charge in [0.25, 0.3) is 0 Å². The van der Waals surface area contributed by atoms with Crippen LogP contribution in [0, 0.1) is 23.3 Å². The van der Waals surface area contributed by atoms with Gasteiger partial charge >= 0.3 is 0 Å². The van der Waals surface area contributed by atoms with Crippen LogP contribution in [0.25, 0.3) is 0 Å². The highest BCUT2D eigenvalue weighted by atomic mass is 19.1. The van der Waals surface area contributed by atoms with Crippen LogP contribution in [0.2, 0.25) is 0 Å². The van der Waals surface area contributed by atoms with Crippen molar-refractivity contribution in [3.63, 3.8) is 0 Å². The second-order valence-corrected chi connectivity index (χ2v) is 7.07. The zero-order chi connectivity index (χ0) is 20.4.